The fourth-order valence-corrected chi connectivity index (χ4v) is 3.03. The van der Waals surface area contributed by atoms with Gasteiger partial charge in [-0.25, -0.2) is 0 Å². The Balaban J connectivity index is 2.18. The predicted molar refractivity (Wildman–Crippen MR) is 103 cm³/mol. The molecule has 1 heterocycles. The molecule has 0 saturated heterocycles. The summed E-state index contributed by atoms with van der Waals surface area (Å²) in [7, 11) is 0. The summed E-state index contributed by atoms with van der Waals surface area (Å²) in [6, 6.07) is 7.86. The van der Waals surface area contributed by atoms with Gasteiger partial charge in [0.15, 0.2) is 11.0 Å². The predicted octanol–water partition coefficient (Wildman–Crippen LogP) is 1.99. The standard InChI is InChI=1S/C18H25N5O2S/c1-11(2)13(4)20-16(25)10-26-18-22-21-17(23(18)9-15(19)24)14-7-5-6-12(3)8-14/h5-8,11,13H,9-10H2,1-4H3,(H2,19,24)(H,20,25)/t13-/m1/s1. The number of rotatable bonds is 8. The molecule has 0 aliphatic rings. The van der Waals surface area contributed by atoms with Crippen LogP contribution in [0, 0.1) is 12.8 Å². The van der Waals surface area contributed by atoms with Gasteiger partial charge in [0.05, 0.1) is 5.75 Å². The van der Waals surface area contributed by atoms with Gasteiger partial charge in [-0.1, -0.05) is 49.4 Å². The minimum Gasteiger partial charge on any atom is -0.368 e. The number of carbonyl (C=O) groups excluding carboxylic acids is 2. The van der Waals surface area contributed by atoms with Gasteiger partial charge in [-0.2, -0.15) is 0 Å². The number of hydrogen-bond acceptors (Lipinski definition) is 5. The number of nitrogens with zero attached hydrogens (tertiary/aromatic N) is 3. The maximum atomic E-state index is 12.1. The van der Waals surface area contributed by atoms with Crippen molar-refractivity contribution >= 4 is 23.6 Å². The number of primary amides is 1. The fraction of sp³-hybridized carbons (Fsp3) is 0.444. The summed E-state index contributed by atoms with van der Waals surface area (Å²) < 4.78 is 1.65. The Kier molecular flexibility index (Phi) is 6.79. The molecule has 2 amide bonds. The zero-order valence-corrected chi connectivity index (χ0v) is 16.3. The number of aromatic nitrogens is 3. The molecule has 0 radical (unpaired) electrons. The molecular formula is C18H25N5O2S. The summed E-state index contributed by atoms with van der Waals surface area (Å²) in [4.78, 5) is 23.6. The van der Waals surface area contributed by atoms with E-state index in [0.717, 1.165) is 11.1 Å². The lowest BCUT2D eigenvalue weighted by atomic mass is 10.1. The molecule has 0 aliphatic carbocycles. The first-order valence-electron chi connectivity index (χ1n) is 8.48. The Morgan fingerprint density at radius 2 is 2.00 bits per heavy atom. The first kappa shape index (κ1) is 20.0. The maximum Gasteiger partial charge on any atom is 0.237 e. The Hall–Kier alpha value is -2.35. The van der Waals surface area contributed by atoms with Gasteiger partial charge >= 0.3 is 0 Å². The van der Waals surface area contributed by atoms with Crippen LogP contribution in [0.1, 0.15) is 26.3 Å². The fourth-order valence-electron chi connectivity index (χ4n) is 2.28. The van der Waals surface area contributed by atoms with Crippen LogP contribution < -0.4 is 11.1 Å². The van der Waals surface area contributed by atoms with E-state index < -0.39 is 5.91 Å². The van der Waals surface area contributed by atoms with Crippen LogP contribution in [0.2, 0.25) is 0 Å². The smallest absolute Gasteiger partial charge is 0.237 e. The molecule has 0 bridgehead atoms. The molecule has 0 saturated carbocycles. The second kappa shape index (κ2) is 8.84. The van der Waals surface area contributed by atoms with Gasteiger partial charge in [0, 0.05) is 11.6 Å². The van der Waals surface area contributed by atoms with E-state index in [4.69, 9.17) is 5.73 Å². The molecule has 2 rings (SSSR count). The highest BCUT2D eigenvalue weighted by Crippen LogP contribution is 2.24. The van der Waals surface area contributed by atoms with E-state index >= 15 is 0 Å². The molecule has 140 valence electrons. The van der Waals surface area contributed by atoms with Crippen LogP contribution in [-0.4, -0.2) is 38.4 Å². The van der Waals surface area contributed by atoms with Crippen molar-refractivity contribution < 1.29 is 9.59 Å². The van der Waals surface area contributed by atoms with Crippen LogP contribution in [-0.2, 0) is 16.1 Å². The molecule has 0 unspecified atom stereocenters. The van der Waals surface area contributed by atoms with Crippen LogP contribution in [0.15, 0.2) is 29.4 Å². The van der Waals surface area contributed by atoms with Crippen molar-refractivity contribution in [3.63, 3.8) is 0 Å². The molecule has 26 heavy (non-hydrogen) atoms. The summed E-state index contributed by atoms with van der Waals surface area (Å²) in [5.41, 5.74) is 7.31. The van der Waals surface area contributed by atoms with Crippen molar-refractivity contribution in [2.24, 2.45) is 11.7 Å². The Morgan fingerprint density at radius 1 is 1.27 bits per heavy atom. The second-order valence-corrected chi connectivity index (χ2v) is 7.56. The molecular weight excluding hydrogens is 350 g/mol. The van der Waals surface area contributed by atoms with Crippen LogP contribution in [0.5, 0.6) is 0 Å². The van der Waals surface area contributed by atoms with Crippen LogP contribution in [0.4, 0.5) is 0 Å². The van der Waals surface area contributed by atoms with E-state index in [0.29, 0.717) is 16.9 Å². The zero-order chi connectivity index (χ0) is 19.3. The van der Waals surface area contributed by atoms with E-state index in [-0.39, 0.29) is 24.2 Å². The number of benzene rings is 1. The van der Waals surface area contributed by atoms with Gasteiger partial charge < -0.3 is 11.1 Å². The maximum absolute atomic E-state index is 12.1. The van der Waals surface area contributed by atoms with E-state index in [9.17, 15) is 9.59 Å². The van der Waals surface area contributed by atoms with Crippen molar-refractivity contribution in [1.82, 2.24) is 20.1 Å². The normalized spacial score (nSPS) is 12.2. The highest BCUT2D eigenvalue weighted by molar-refractivity contribution is 7.99. The van der Waals surface area contributed by atoms with Gasteiger partial charge in [-0.05, 0) is 25.8 Å². The average molecular weight is 375 g/mol. The zero-order valence-electron chi connectivity index (χ0n) is 15.5. The Labute approximate surface area is 157 Å². The molecule has 1 atom stereocenters. The summed E-state index contributed by atoms with van der Waals surface area (Å²) in [6.45, 7) is 8.01. The number of nitrogens with one attached hydrogen (secondary N) is 1. The number of carbonyl (C=O) groups is 2. The summed E-state index contributed by atoms with van der Waals surface area (Å²) >= 11 is 1.24. The van der Waals surface area contributed by atoms with Crippen molar-refractivity contribution in [1.29, 1.82) is 0 Å². The molecule has 0 aliphatic heterocycles. The number of nitrogens with two attached hydrogens (primary N) is 1. The SMILES string of the molecule is Cc1cccc(-c2nnc(SCC(=O)N[C@H](C)C(C)C)n2CC(N)=O)c1. The lowest BCUT2D eigenvalue weighted by Crippen LogP contribution is -2.37. The third-order valence-corrected chi connectivity index (χ3v) is 4.99. The molecule has 0 spiro atoms. The third kappa shape index (κ3) is 5.32. The van der Waals surface area contributed by atoms with Crippen LogP contribution in [0.25, 0.3) is 11.4 Å². The largest absolute Gasteiger partial charge is 0.368 e. The number of aryl methyl sites for hydroxylation is 1. The average Bonchev–Trinajstić information content (AvgIpc) is 2.94. The van der Waals surface area contributed by atoms with Gasteiger partial charge in [0.25, 0.3) is 0 Å². The highest BCUT2D eigenvalue weighted by Gasteiger charge is 2.18. The summed E-state index contributed by atoms with van der Waals surface area (Å²) in [6.07, 6.45) is 0. The van der Waals surface area contributed by atoms with Crippen LogP contribution >= 0.6 is 11.8 Å². The summed E-state index contributed by atoms with van der Waals surface area (Å²) in [5.74, 6) is 0.545. The van der Waals surface area contributed by atoms with E-state index in [1.165, 1.54) is 11.8 Å². The highest BCUT2D eigenvalue weighted by atomic mass is 32.2. The number of hydrogen-bond donors (Lipinski definition) is 2. The molecule has 8 heteroatoms. The van der Waals surface area contributed by atoms with Gasteiger partial charge in [-0.15, -0.1) is 10.2 Å². The molecule has 1 aromatic carbocycles. The molecule has 0 fully saturated rings. The van der Waals surface area contributed by atoms with Gasteiger partial charge in [-0.3, -0.25) is 14.2 Å². The van der Waals surface area contributed by atoms with Crippen molar-refractivity contribution in [3.8, 4) is 11.4 Å². The van der Waals surface area contributed by atoms with Crippen molar-refractivity contribution in [2.75, 3.05) is 5.75 Å². The van der Waals surface area contributed by atoms with E-state index in [1.54, 1.807) is 4.57 Å². The molecule has 1 aromatic heterocycles. The molecule has 2 aromatic rings. The first-order valence-corrected chi connectivity index (χ1v) is 9.47. The van der Waals surface area contributed by atoms with Gasteiger partial charge in [0.2, 0.25) is 11.8 Å². The number of amides is 2. The third-order valence-electron chi connectivity index (χ3n) is 4.03. The summed E-state index contributed by atoms with van der Waals surface area (Å²) in [5, 5.41) is 11.8. The topological polar surface area (TPSA) is 103 Å². The van der Waals surface area contributed by atoms with Gasteiger partial charge in [0.1, 0.15) is 6.54 Å². The van der Waals surface area contributed by atoms with Crippen molar-refractivity contribution in [2.45, 2.75) is 45.4 Å². The van der Waals surface area contributed by atoms with E-state index in [1.807, 2.05) is 38.1 Å². The second-order valence-electron chi connectivity index (χ2n) is 6.62. The quantitative estimate of drug-likeness (QED) is 0.687. The Bertz CT molecular complexity index is 788. The molecule has 7 nitrogen and oxygen atoms in total. The van der Waals surface area contributed by atoms with Crippen molar-refractivity contribution in [3.05, 3.63) is 29.8 Å². The lowest BCUT2D eigenvalue weighted by molar-refractivity contribution is -0.119. The lowest BCUT2D eigenvalue weighted by Gasteiger charge is -2.17. The monoisotopic (exact) mass is 375 g/mol. The van der Waals surface area contributed by atoms with Crippen LogP contribution in [0.3, 0.4) is 0 Å². The number of thioether (sulfide) groups is 1. The van der Waals surface area contributed by atoms with E-state index in [2.05, 4.69) is 29.4 Å². The Morgan fingerprint density at radius 3 is 2.62 bits per heavy atom. The minimum absolute atomic E-state index is 0.0391. The minimum atomic E-state index is -0.488. The molecule has 3 N–H and O–H groups in total. The first-order chi connectivity index (χ1) is 12.3.